The number of halogens is 5. The molecule has 0 atom stereocenters. The summed E-state index contributed by atoms with van der Waals surface area (Å²) >= 11 is 12.2. The molecule has 1 aliphatic carbocycles. The molecule has 1 N–H and O–H groups in total. The van der Waals surface area contributed by atoms with Gasteiger partial charge in [0.25, 0.3) is 11.7 Å². The van der Waals surface area contributed by atoms with Crippen LogP contribution in [0.15, 0.2) is 36.4 Å². The molecule has 1 amide bonds. The predicted octanol–water partition coefficient (Wildman–Crippen LogP) is 6.66. The third kappa shape index (κ3) is 5.28. The van der Waals surface area contributed by atoms with Gasteiger partial charge in [0.15, 0.2) is 0 Å². The molecule has 186 valence electrons. The third-order valence-electron chi connectivity index (χ3n) is 6.26. The highest BCUT2D eigenvalue weighted by Gasteiger charge is 2.43. The average Bonchev–Trinajstić information content (AvgIpc) is 3.14. The molecule has 1 aromatic heterocycles. The lowest BCUT2D eigenvalue weighted by Crippen LogP contribution is -2.40. The van der Waals surface area contributed by atoms with Crippen molar-refractivity contribution in [2.75, 3.05) is 7.11 Å². The molecule has 1 fully saturated rings. The molecule has 0 radical (unpaired) electrons. The summed E-state index contributed by atoms with van der Waals surface area (Å²) in [5.41, 5.74) is -1.42. The van der Waals surface area contributed by atoms with Crippen molar-refractivity contribution in [2.45, 2.75) is 50.9 Å². The molecular formula is C25H23Cl2F3N2O3. The van der Waals surface area contributed by atoms with E-state index in [-0.39, 0.29) is 34.3 Å². The van der Waals surface area contributed by atoms with Crippen LogP contribution in [-0.2, 0) is 17.5 Å². The quantitative estimate of drug-likeness (QED) is 0.288. The summed E-state index contributed by atoms with van der Waals surface area (Å²) in [5.74, 6) is -2.02. The van der Waals surface area contributed by atoms with Gasteiger partial charge in [-0.1, -0.05) is 48.5 Å². The number of fused-ring (bicyclic) bond motifs is 1. The molecule has 0 spiro atoms. The van der Waals surface area contributed by atoms with Crippen molar-refractivity contribution >= 4 is 45.8 Å². The van der Waals surface area contributed by atoms with Gasteiger partial charge in [0.05, 0.1) is 12.7 Å². The Morgan fingerprint density at radius 1 is 1.09 bits per heavy atom. The Labute approximate surface area is 210 Å². The number of Topliss-reactive ketones (excluding diaryl/α,β-unsaturated/α-hetero) is 1. The van der Waals surface area contributed by atoms with Crippen molar-refractivity contribution in [2.24, 2.45) is 0 Å². The van der Waals surface area contributed by atoms with E-state index >= 15 is 0 Å². The maximum Gasteiger partial charge on any atom is 0.432 e. The van der Waals surface area contributed by atoms with Gasteiger partial charge in [-0.2, -0.15) is 13.2 Å². The summed E-state index contributed by atoms with van der Waals surface area (Å²) in [6.07, 6.45) is -0.734. The molecule has 1 heterocycles. The van der Waals surface area contributed by atoms with E-state index in [2.05, 4.69) is 5.32 Å². The van der Waals surface area contributed by atoms with Gasteiger partial charge in [0, 0.05) is 33.5 Å². The maximum atomic E-state index is 14.5. The zero-order valence-corrected chi connectivity index (χ0v) is 20.4. The summed E-state index contributed by atoms with van der Waals surface area (Å²) in [4.78, 5) is 26.1. The van der Waals surface area contributed by atoms with E-state index in [4.69, 9.17) is 27.9 Å². The predicted molar refractivity (Wildman–Crippen MR) is 128 cm³/mol. The monoisotopic (exact) mass is 526 g/mol. The molecular weight excluding hydrogens is 504 g/mol. The van der Waals surface area contributed by atoms with Crippen LogP contribution in [0.1, 0.15) is 53.7 Å². The number of hydrogen-bond donors (Lipinski definition) is 1. The molecule has 1 saturated carbocycles. The SMILES string of the molecule is COc1ccc2c(c1)c(C(=O)C(=O)NC1CCCCC1)c(C(F)(F)F)n2Cc1ccc(Cl)cc1Cl. The summed E-state index contributed by atoms with van der Waals surface area (Å²) in [6.45, 7) is -0.287. The van der Waals surface area contributed by atoms with Gasteiger partial charge in [-0.3, -0.25) is 9.59 Å². The van der Waals surface area contributed by atoms with E-state index < -0.39 is 29.1 Å². The molecule has 10 heteroatoms. The Kier molecular flexibility index (Phi) is 7.33. The number of carbonyl (C=O) groups is 2. The van der Waals surface area contributed by atoms with Gasteiger partial charge in [-0.25, -0.2) is 0 Å². The topological polar surface area (TPSA) is 60.3 Å². The highest BCUT2D eigenvalue weighted by atomic mass is 35.5. The van der Waals surface area contributed by atoms with Crippen LogP contribution >= 0.6 is 23.2 Å². The molecule has 0 bridgehead atoms. The van der Waals surface area contributed by atoms with Crippen LogP contribution in [0.5, 0.6) is 5.75 Å². The van der Waals surface area contributed by atoms with Crippen molar-refractivity contribution in [3.8, 4) is 5.75 Å². The fourth-order valence-corrected chi connectivity index (χ4v) is 5.05. The molecule has 0 aliphatic heterocycles. The van der Waals surface area contributed by atoms with Gasteiger partial charge < -0.3 is 14.6 Å². The van der Waals surface area contributed by atoms with Gasteiger partial charge in [-0.05, 0) is 48.7 Å². The fourth-order valence-electron chi connectivity index (χ4n) is 4.58. The number of amides is 1. The Balaban J connectivity index is 1.87. The number of carbonyl (C=O) groups excluding carboxylic acids is 2. The Hall–Kier alpha value is -2.71. The first-order valence-corrected chi connectivity index (χ1v) is 11.9. The number of nitrogens with zero attached hydrogens (tertiary/aromatic N) is 1. The van der Waals surface area contributed by atoms with E-state index in [1.54, 1.807) is 0 Å². The molecule has 4 rings (SSSR count). The first-order valence-electron chi connectivity index (χ1n) is 11.2. The summed E-state index contributed by atoms with van der Waals surface area (Å²) in [5, 5.41) is 3.13. The summed E-state index contributed by atoms with van der Waals surface area (Å²) in [6, 6.07) is 8.52. The van der Waals surface area contributed by atoms with Gasteiger partial charge in [0.1, 0.15) is 11.4 Å². The minimum atomic E-state index is -4.93. The third-order valence-corrected chi connectivity index (χ3v) is 6.84. The molecule has 0 saturated heterocycles. The number of benzene rings is 2. The molecule has 1 aliphatic rings. The largest absolute Gasteiger partial charge is 0.497 e. The second kappa shape index (κ2) is 10.1. The van der Waals surface area contributed by atoms with E-state index in [9.17, 15) is 22.8 Å². The highest BCUT2D eigenvalue weighted by Crippen LogP contribution is 2.40. The van der Waals surface area contributed by atoms with Crippen LogP contribution in [-0.4, -0.2) is 29.4 Å². The highest BCUT2D eigenvalue weighted by molar-refractivity contribution is 6.45. The van der Waals surface area contributed by atoms with Crippen LogP contribution in [0.25, 0.3) is 10.9 Å². The number of nitrogens with one attached hydrogen (secondary N) is 1. The van der Waals surface area contributed by atoms with E-state index in [1.165, 1.54) is 43.5 Å². The molecule has 5 nitrogen and oxygen atoms in total. The van der Waals surface area contributed by atoms with Gasteiger partial charge in [0.2, 0.25) is 0 Å². The number of ether oxygens (including phenoxy) is 1. The first kappa shape index (κ1) is 25.4. The lowest BCUT2D eigenvalue weighted by Gasteiger charge is -2.22. The minimum absolute atomic E-state index is 0.0226. The van der Waals surface area contributed by atoms with Crippen molar-refractivity contribution in [1.82, 2.24) is 9.88 Å². The summed E-state index contributed by atoms with van der Waals surface area (Å²) in [7, 11) is 1.37. The van der Waals surface area contributed by atoms with E-state index in [0.717, 1.165) is 23.8 Å². The van der Waals surface area contributed by atoms with Crippen LogP contribution in [0.4, 0.5) is 13.2 Å². The van der Waals surface area contributed by atoms with Gasteiger partial charge in [-0.15, -0.1) is 0 Å². The molecule has 35 heavy (non-hydrogen) atoms. The van der Waals surface area contributed by atoms with Crippen molar-refractivity contribution in [1.29, 1.82) is 0 Å². The number of ketones is 1. The van der Waals surface area contributed by atoms with Crippen LogP contribution in [0.2, 0.25) is 10.0 Å². The van der Waals surface area contributed by atoms with Crippen molar-refractivity contribution < 1.29 is 27.5 Å². The second-order valence-electron chi connectivity index (χ2n) is 8.56. The van der Waals surface area contributed by atoms with E-state index in [1.807, 2.05) is 0 Å². The molecule has 2 aromatic carbocycles. The summed E-state index contributed by atoms with van der Waals surface area (Å²) < 4.78 is 49.6. The molecule has 0 unspecified atom stereocenters. The Morgan fingerprint density at radius 3 is 2.43 bits per heavy atom. The second-order valence-corrected chi connectivity index (χ2v) is 9.41. The number of alkyl halides is 3. The fraction of sp³-hybridized carbons (Fsp3) is 0.360. The lowest BCUT2D eigenvalue weighted by atomic mass is 9.95. The maximum absolute atomic E-state index is 14.5. The lowest BCUT2D eigenvalue weighted by molar-refractivity contribution is -0.143. The van der Waals surface area contributed by atoms with Crippen LogP contribution < -0.4 is 10.1 Å². The normalized spacial score (nSPS) is 14.8. The Morgan fingerprint density at radius 2 is 1.80 bits per heavy atom. The number of hydrogen-bond acceptors (Lipinski definition) is 3. The van der Waals surface area contributed by atoms with E-state index in [0.29, 0.717) is 23.4 Å². The minimum Gasteiger partial charge on any atom is -0.497 e. The smallest absolute Gasteiger partial charge is 0.432 e. The number of aromatic nitrogens is 1. The molecule has 3 aromatic rings. The number of rotatable bonds is 6. The zero-order valence-electron chi connectivity index (χ0n) is 18.8. The average molecular weight is 527 g/mol. The standard InChI is InChI=1S/C25H23Cl2F3N2O3/c1-35-17-9-10-20-18(12-17)21(22(33)24(34)31-16-5-3-2-4-6-16)23(25(28,29)30)32(20)13-14-7-8-15(26)11-19(14)27/h7-12,16H,2-6,13H2,1H3,(H,31,34). The zero-order chi connectivity index (χ0) is 25.3. The van der Waals surface area contributed by atoms with Crippen molar-refractivity contribution in [3.05, 3.63) is 63.3 Å². The van der Waals surface area contributed by atoms with Crippen LogP contribution in [0, 0.1) is 0 Å². The van der Waals surface area contributed by atoms with Crippen molar-refractivity contribution in [3.63, 3.8) is 0 Å². The Bertz CT molecular complexity index is 1280. The van der Waals surface area contributed by atoms with Crippen LogP contribution in [0.3, 0.4) is 0 Å². The number of methoxy groups -OCH3 is 1. The van der Waals surface area contributed by atoms with Gasteiger partial charge >= 0.3 is 6.18 Å². The first-order chi connectivity index (χ1) is 16.6.